The van der Waals surface area contributed by atoms with E-state index >= 15 is 0 Å². The molecule has 1 amide bonds. The van der Waals surface area contributed by atoms with Gasteiger partial charge < -0.3 is 10.4 Å². The number of aliphatic carboxylic acids is 1. The molecule has 2 N–H and O–H groups in total. The molecule has 0 atom stereocenters. The molecule has 1 fully saturated rings. The topological polar surface area (TPSA) is 84.2 Å². The van der Waals surface area contributed by atoms with Gasteiger partial charge >= 0.3 is 5.97 Å². The molecule has 0 radical (unpaired) electrons. The van der Waals surface area contributed by atoms with Gasteiger partial charge in [0.25, 0.3) is 5.91 Å². The Kier molecular flexibility index (Phi) is 3.43. The first-order valence-electron chi connectivity index (χ1n) is 6.77. The molecule has 0 unspecified atom stereocenters. The van der Waals surface area contributed by atoms with Crippen molar-refractivity contribution in [2.45, 2.75) is 18.9 Å². The average Bonchev–Trinajstić information content (AvgIpc) is 2.92. The summed E-state index contributed by atoms with van der Waals surface area (Å²) in [6, 6.07) is 9.46. The Bertz CT molecular complexity index is 660. The van der Waals surface area contributed by atoms with Crippen molar-refractivity contribution < 1.29 is 14.7 Å². The fourth-order valence-corrected chi connectivity index (χ4v) is 2.37. The molecule has 0 spiro atoms. The van der Waals surface area contributed by atoms with Crippen LogP contribution in [0.5, 0.6) is 0 Å². The number of nitrogens with zero attached hydrogens (tertiary/aromatic N) is 2. The molecule has 0 bridgehead atoms. The minimum Gasteiger partial charge on any atom is -0.481 e. The van der Waals surface area contributed by atoms with Gasteiger partial charge in [0, 0.05) is 12.2 Å². The molecule has 108 valence electrons. The summed E-state index contributed by atoms with van der Waals surface area (Å²) >= 11 is 0. The predicted molar refractivity (Wildman–Crippen MR) is 75.2 cm³/mol. The third-order valence-corrected chi connectivity index (χ3v) is 3.69. The molecule has 2 aromatic rings. The van der Waals surface area contributed by atoms with E-state index in [4.69, 9.17) is 5.11 Å². The van der Waals surface area contributed by atoms with Crippen molar-refractivity contribution in [2.24, 2.45) is 5.92 Å². The highest BCUT2D eigenvalue weighted by Crippen LogP contribution is 2.27. The fraction of sp³-hybridized carbons (Fsp3) is 0.267. The van der Waals surface area contributed by atoms with E-state index in [1.165, 1.54) is 6.20 Å². The Hall–Kier alpha value is -2.63. The van der Waals surface area contributed by atoms with E-state index in [0.29, 0.717) is 18.4 Å². The van der Waals surface area contributed by atoms with Crippen LogP contribution in [0.3, 0.4) is 0 Å². The van der Waals surface area contributed by atoms with Crippen LogP contribution < -0.4 is 5.32 Å². The maximum atomic E-state index is 12.1. The van der Waals surface area contributed by atoms with Crippen molar-refractivity contribution in [3.63, 3.8) is 0 Å². The second-order valence-electron chi connectivity index (χ2n) is 5.19. The third kappa shape index (κ3) is 2.79. The van der Waals surface area contributed by atoms with Crippen molar-refractivity contribution >= 4 is 11.9 Å². The number of carboxylic acids is 1. The second kappa shape index (κ2) is 5.40. The van der Waals surface area contributed by atoms with Gasteiger partial charge in [-0.1, -0.05) is 18.2 Å². The van der Waals surface area contributed by atoms with Crippen molar-refractivity contribution in [1.82, 2.24) is 15.1 Å². The zero-order valence-electron chi connectivity index (χ0n) is 11.3. The largest absolute Gasteiger partial charge is 0.481 e. The summed E-state index contributed by atoms with van der Waals surface area (Å²) in [5, 5.41) is 15.8. The van der Waals surface area contributed by atoms with E-state index < -0.39 is 5.97 Å². The van der Waals surface area contributed by atoms with Gasteiger partial charge in [0.1, 0.15) is 0 Å². The van der Waals surface area contributed by atoms with E-state index in [1.807, 2.05) is 30.3 Å². The molecule has 1 saturated carbocycles. The average molecular weight is 285 g/mol. The number of carbonyl (C=O) groups is 2. The van der Waals surface area contributed by atoms with Gasteiger partial charge in [0.2, 0.25) is 0 Å². The third-order valence-electron chi connectivity index (χ3n) is 3.69. The Morgan fingerprint density at radius 1 is 1.24 bits per heavy atom. The number of amides is 1. The highest BCUT2D eigenvalue weighted by atomic mass is 16.4. The summed E-state index contributed by atoms with van der Waals surface area (Å²) in [6.07, 6.45) is 4.16. The lowest BCUT2D eigenvalue weighted by Gasteiger charge is -2.32. The highest BCUT2D eigenvalue weighted by molar-refractivity contribution is 5.94. The predicted octanol–water partition coefficient (Wildman–Crippen LogP) is 1.47. The van der Waals surface area contributed by atoms with Crippen LogP contribution in [0.2, 0.25) is 0 Å². The number of hydrogen-bond acceptors (Lipinski definition) is 3. The quantitative estimate of drug-likeness (QED) is 0.890. The summed E-state index contributed by atoms with van der Waals surface area (Å²) in [7, 11) is 0. The molecule has 1 aliphatic carbocycles. The smallest absolute Gasteiger partial charge is 0.306 e. The van der Waals surface area contributed by atoms with Gasteiger partial charge in [-0.25, -0.2) is 4.68 Å². The maximum Gasteiger partial charge on any atom is 0.306 e. The number of carbonyl (C=O) groups excluding carboxylic acids is 1. The molecule has 6 heteroatoms. The van der Waals surface area contributed by atoms with Crippen LogP contribution in [0, 0.1) is 5.92 Å². The summed E-state index contributed by atoms with van der Waals surface area (Å²) in [5.41, 5.74) is 1.35. The number of rotatable bonds is 4. The van der Waals surface area contributed by atoms with Crippen LogP contribution in [0.15, 0.2) is 42.7 Å². The lowest BCUT2D eigenvalue weighted by atomic mass is 9.80. The zero-order chi connectivity index (χ0) is 14.8. The van der Waals surface area contributed by atoms with Gasteiger partial charge in [-0.15, -0.1) is 0 Å². The van der Waals surface area contributed by atoms with Crippen LogP contribution >= 0.6 is 0 Å². The van der Waals surface area contributed by atoms with Crippen molar-refractivity contribution in [1.29, 1.82) is 0 Å². The Morgan fingerprint density at radius 3 is 2.62 bits per heavy atom. The number of nitrogens with one attached hydrogen (secondary N) is 1. The van der Waals surface area contributed by atoms with Crippen LogP contribution in [0.4, 0.5) is 0 Å². The van der Waals surface area contributed by atoms with Gasteiger partial charge in [-0.2, -0.15) is 5.10 Å². The summed E-state index contributed by atoms with van der Waals surface area (Å²) in [4.78, 5) is 22.8. The van der Waals surface area contributed by atoms with Crippen molar-refractivity contribution in [3.05, 3.63) is 48.3 Å². The molecular weight excluding hydrogens is 270 g/mol. The second-order valence-corrected chi connectivity index (χ2v) is 5.19. The highest BCUT2D eigenvalue weighted by Gasteiger charge is 2.35. The summed E-state index contributed by atoms with van der Waals surface area (Å²) < 4.78 is 1.63. The molecule has 1 aliphatic rings. The summed E-state index contributed by atoms with van der Waals surface area (Å²) in [5.74, 6) is -1.34. The number of para-hydroxylation sites is 1. The zero-order valence-corrected chi connectivity index (χ0v) is 11.3. The molecule has 1 aromatic heterocycles. The maximum absolute atomic E-state index is 12.1. The van der Waals surface area contributed by atoms with E-state index in [1.54, 1.807) is 10.9 Å². The van der Waals surface area contributed by atoms with E-state index in [2.05, 4.69) is 10.4 Å². The van der Waals surface area contributed by atoms with Crippen LogP contribution in [0.1, 0.15) is 23.2 Å². The first-order chi connectivity index (χ1) is 10.1. The van der Waals surface area contributed by atoms with E-state index in [-0.39, 0.29) is 17.9 Å². The Balaban J connectivity index is 1.62. The number of aromatic nitrogens is 2. The Labute approximate surface area is 121 Å². The van der Waals surface area contributed by atoms with Crippen molar-refractivity contribution in [2.75, 3.05) is 0 Å². The molecule has 1 heterocycles. The van der Waals surface area contributed by atoms with Gasteiger partial charge in [-0.3, -0.25) is 9.59 Å². The van der Waals surface area contributed by atoms with Crippen LogP contribution in [-0.2, 0) is 4.79 Å². The minimum atomic E-state index is -0.794. The van der Waals surface area contributed by atoms with E-state index in [9.17, 15) is 9.59 Å². The molecule has 6 nitrogen and oxygen atoms in total. The van der Waals surface area contributed by atoms with Gasteiger partial charge in [0.05, 0.1) is 23.4 Å². The first-order valence-corrected chi connectivity index (χ1v) is 6.77. The number of benzene rings is 1. The van der Waals surface area contributed by atoms with Crippen molar-refractivity contribution in [3.8, 4) is 5.69 Å². The number of carboxylic acid groups (broad SMARTS) is 1. The monoisotopic (exact) mass is 285 g/mol. The summed E-state index contributed by atoms with van der Waals surface area (Å²) in [6.45, 7) is 0. The standard InChI is InChI=1S/C15H15N3O3/c19-14(17-12-6-10(7-12)15(20)21)11-8-16-18(9-11)13-4-2-1-3-5-13/h1-5,8-10,12H,6-7H2,(H,17,19)(H,20,21). The molecule has 0 saturated heterocycles. The molecule has 1 aromatic carbocycles. The van der Waals surface area contributed by atoms with Crippen LogP contribution in [-0.4, -0.2) is 32.8 Å². The molecule has 3 rings (SSSR count). The first kappa shape index (κ1) is 13.4. The fourth-order valence-electron chi connectivity index (χ4n) is 2.37. The molecular formula is C15H15N3O3. The van der Waals surface area contributed by atoms with Crippen LogP contribution in [0.25, 0.3) is 5.69 Å². The molecule has 0 aliphatic heterocycles. The number of hydrogen-bond donors (Lipinski definition) is 2. The van der Waals surface area contributed by atoms with Gasteiger partial charge in [-0.05, 0) is 25.0 Å². The SMILES string of the molecule is O=C(NC1CC(C(=O)O)C1)c1cnn(-c2ccccc2)c1. The van der Waals surface area contributed by atoms with E-state index in [0.717, 1.165) is 5.69 Å². The lowest BCUT2D eigenvalue weighted by molar-refractivity contribution is -0.145. The van der Waals surface area contributed by atoms with Gasteiger partial charge in [0.15, 0.2) is 0 Å². The normalized spacial score (nSPS) is 20.6. The molecule has 21 heavy (non-hydrogen) atoms. The lowest BCUT2D eigenvalue weighted by Crippen LogP contribution is -2.46. The Morgan fingerprint density at radius 2 is 1.95 bits per heavy atom. The minimum absolute atomic E-state index is 0.0568.